The van der Waals surface area contributed by atoms with Gasteiger partial charge < -0.3 is 5.11 Å². The van der Waals surface area contributed by atoms with Crippen molar-refractivity contribution in [3.8, 4) is 5.75 Å². The number of phenols is 1. The Morgan fingerprint density at radius 3 is 2.62 bits per heavy atom. The van der Waals surface area contributed by atoms with Crippen molar-refractivity contribution < 1.29 is 5.11 Å². The molecular weight excluding hydrogens is 302 g/mol. The van der Waals surface area contributed by atoms with Gasteiger partial charge in [-0.15, -0.1) is 5.10 Å². The predicted octanol–water partition coefficient (Wildman–Crippen LogP) is 3.31. The van der Waals surface area contributed by atoms with Crippen molar-refractivity contribution in [1.29, 1.82) is 0 Å². The van der Waals surface area contributed by atoms with E-state index in [1.807, 2.05) is 35.0 Å². The van der Waals surface area contributed by atoms with Gasteiger partial charge in [-0.25, -0.2) is 4.68 Å². The van der Waals surface area contributed by atoms with Gasteiger partial charge in [0.05, 0.1) is 16.9 Å². The fourth-order valence-electron chi connectivity index (χ4n) is 2.88. The standard InChI is InChI=1S/C18H17N5O/c1-11(2)23-17-8-7-12(9-16(17)21-22-23)14-10-15(20-19-14)13-5-3-4-6-18(13)24/h3-9,11,24H,10H2,1-2H3. The molecule has 120 valence electrons. The van der Waals surface area contributed by atoms with Crippen LogP contribution >= 0.6 is 0 Å². The third-order valence-electron chi connectivity index (χ3n) is 4.13. The van der Waals surface area contributed by atoms with E-state index in [9.17, 15) is 5.11 Å². The van der Waals surface area contributed by atoms with Gasteiger partial charge in [-0.2, -0.15) is 10.2 Å². The van der Waals surface area contributed by atoms with Crippen LogP contribution in [-0.4, -0.2) is 31.5 Å². The van der Waals surface area contributed by atoms with Crippen molar-refractivity contribution in [2.24, 2.45) is 10.2 Å². The van der Waals surface area contributed by atoms with E-state index < -0.39 is 0 Å². The van der Waals surface area contributed by atoms with Gasteiger partial charge in [0.15, 0.2) is 0 Å². The van der Waals surface area contributed by atoms with Gasteiger partial charge in [-0.05, 0) is 38.1 Å². The van der Waals surface area contributed by atoms with E-state index in [4.69, 9.17) is 0 Å². The number of nitrogens with zero attached hydrogens (tertiary/aromatic N) is 5. The quantitative estimate of drug-likeness (QED) is 0.804. The molecule has 6 nitrogen and oxygen atoms in total. The van der Waals surface area contributed by atoms with Crippen molar-refractivity contribution in [1.82, 2.24) is 15.0 Å². The van der Waals surface area contributed by atoms with E-state index in [0.29, 0.717) is 6.42 Å². The molecule has 24 heavy (non-hydrogen) atoms. The minimum absolute atomic E-state index is 0.225. The zero-order valence-electron chi connectivity index (χ0n) is 13.5. The Hall–Kier alpha value is -3.02. The van der Waals surface area contributed by atoms with Gasteiger partial charge in [0, 0.05) is 23.6 Å². The minimum Gasteiger partial charge on any atom is -0.507 e. The Bertz CT molecular complexity index is 984. The second-order valence-corrected chi connectivity index (χ2v) is 6.12. The van der Waals surface area contributed by atoms with E-state index in [0.717, 1.165) is 33.6 Å². The molecule has 0 bridgehead atoms. The lowest BCUT2D eigenvalue weighted by molar-refractivity contribution is 0.474. The Labute approximate surface area is 139 Å². The van der Waals surface area contributed by atoms with Crippen LogP contribution in [0.3, 0.4) is 0 Å². The lowest BCUT2D eigenvalue weighted by Crippen LogP contribution is -2.06. The topological polar surface area (TPSA) is 75.7 Å². The maximum atomic E-state index is 9.97. The average Bonchev–Trinajstić information content (AvgIpc) is 3.21. The second kappa shape index (κ2) is 5.56. The highest BCUT2D eigenvalue weighted by Crippen LogP contribution is 2.24. The molecule has 0 saturated heterocycles. The SMILES string of the molecule is CC(C)n1nnc2cc(C3=NN=C(c4ccccc4O)C3)ccc21. The lowest BCUT2D eigenvalue weighted by Gasteiger charge is -2.06. The summed E-state index contributed by atoms with van der Waals surface area (Å²) in [5.74, 6) is 0.225. The largest absolute Gasteiger partial charge is 0.507 e. The van der Waals surface area contributed by atoms with Crippen LogP contribution in [0.4, 0.5) is 0 Å². The highest BCUT2D eigenvalue weighted by atomic mass is 16.3. The zero-order chi connectivity index (χ0) is 16.7. The molecule has 2 heterocycles. The zero-order valence-corrected chi connectivity index (χ0v) is 13.5. The number of rotatable bonds is 3. The number of phenolic OH excluding ortho intramolecular Hbond substituents is 1. The van der Waals surface area contributed by atoms with Gasteiger partial charge in [0.2, 0.25) is 0 Å². The molecule has 2 aromatic carbocycles. The van der Waals surface area contributed by atoms with Crippen molar-refractivity contribution in [3.63, 3.8) is 0 Å². The first-order valence-corrected chi connectivity index (χ1v) is 7.90. The van der Waals surface area contributed by atoms with Crippen LogP contribution in [0.5, 0.6) is 5.75 Å². The fourth-order valence-corrected chi connectivity index (χ4v) is 2.88. The Morgan fingerprint density at radius 2 is 1.83 bits per heavy atom. The number of hydrogen-bond donors (Lipinski definition) is 1. The van der Waals surface area contributed by atoms with E-state index >= 15 is 0 Å². The number of benzene rings is 2. The molecule has 4 rings (SSSR count). The van der Waals surface area contributed by atoms with Gasteiger partial charge in [-0.3, -0.25) is 0 Å². The second-order valence-electron chi connectivity index (χ2n) is 6.12. The molecule has 3 aromatic rings. The summed E-state index contributed by atoms with van der Waals surface area (Å²) >= 11 is 0. The fraction of sp³-hybridized carbons (Fsp3) is 0.222. The minimum atomic E-state index is 0.225. The summed E-state index contributed by atoms with van der Waals surface area (Å²) < 4.78 is 1.90. The first kappa shape index (κ1) is 14.6. The Kier molecular flexibility index (Phi) is 3.37. The number of hydrogen-bond acceptors (Lipinski definition) is 5. The number of fused-ring (bicyclic) bond motifs is 1. The smallest absolute Gasteiger partial charge is 0.124 e. The summed E-state index contributed by atoms with van der Waals surface area (Å²) in [4.78, 5) is 0. The molecular formula is C18H17N5O. The highest BCUT2D eigenvalue weighted by Gasteiger charge is 2.19. The molecule has 0 radical (unpaired) electrons. The van der Waals surface area contributed by atoms with E-state index in [2.05, 4.69) is 34.4 Å². The van der Waals surface area contributed by atoms with Crippen LogP contribution in [0.2, 0.25) is 0 Å². The third kappa shape index (κ3) is 2.36. The number of aromatic nitrogens is 3. The van der Waals surface area contributed by atoms with E-state index in [-0.39, 0.29) is 11.8 Å². The summed E-state index contributed by atoms with van der Waals surface area (Å²) in [7, 11) is 0. The summed E-state index contributed by atoms with van der Waals surface area (Å²) in [6.45, 7) is 4.16. The normalized spacial score (nSPS) is 14.3. The third-order valence-corrected chi connectivity index (χ3v) is 4.13. The Morgan fingerprint density at radius 1 is 1.04 bits per heavy atom. The lowest BCUT2D eigenvalue weighted by atomic mass is 10.00. The van der Waals surface area contributed by atoms with Crippen LogP contribution in [0.1, 0.15) is 37.4 Å². The van der Waals surface area contributed by atoms with E-state index in [1.165, 1.54) is 0 Å². The van der Waals surface area contributed by atoms with Crippen molar-refractivity contribution in [3.05, 3.63) is 53.6 Å². The van der Waals surface area contributed by atoms with Crippen molar-refractivity contribution in [2.75, 3.05) is 0 Å². The predicted molar refractivity (Wildman–Crippen MR) is 93.7 cm³/mol. The molecule has 0 amide bonds. The summed E-state index contributed by atoms with van der Waals surface area (Å²) in [6, 6.07) is 13.5. The summed E-state index contributed by atoms with van der Waals surface area (Å²) in [5, 5.41) is 27.0. The summed E-state index contributed by atoms with van der Waals surface area (Å²) in [5.41, 5.74) is 5.20. The van der Waals surface area contributed by atoms with Crippen molar-refractivity contribution >= 4 is 22.5 Å². The molecule has 0 saturated carbocycles. The Balaban J connectivity index is 1.62. The molecule has 0 atom stereocenters. The average molecular weight is 319 g/mol. The van der Waals surface area contributed by atoms with Crippen LogP contribution in [0.25, 0.3) is 11.0 Å². The maximum absolute atomic E-state index is 9.97. The van der Waals surface area contributed by atoms with E-state index in [1.54, 1.807) is 12.1 Å². The molecule has 0 fully saturated rings. The van der Waals surface area contributed by atoms with Gasteiger partial charge in [0.1, 0.15) is 11.3 Å². The summed E-state index contributed by atoms with van der Waals surface area (Å²) in [6.07, 6.45) is 0.585. The first-order valence-electron chi connectivity index (χ1n) is 7.90. The van der Waals surface area contributed by atoms with Crippen LogP contribution in [0.15, 0.2) is 52.7 Å². The molecule has 1 aromatic heterocycles. The van der Waals surface area contributed by atoms with Gasteiger partial charge >= 0.3 is 0 Å². The molecule has 0 unspecified atom stereocenters. The van der Waals surface area contributed by atoms with Gasteiger partial charge in [0.25, 0.3) is 0 Å². The van der Waals surface area contributed by atoms with Crippen LogP contribution in [-0.2, 0) is 0 Å². The maximum Gasteiger partial charge on any atom is 0.124 e. The molecule has 0 spiro atoms. The molecule has 0 aliphatic carbocycles. The van der Waals surface area contributed by atoms with Crippen LogP contribution < -0.4 is 0 Å². The monoisotopic (exact) mass is 319 g/mol. The molecule has 6 heteroatoms. The van der Waals surface area contributed by atoms with Gasteiger partial charge in [-0.1, -0.05) is 23.4 Å². The van der Waals surface area contributed by atoms with Crippen molar-refractivity contribution in [2.45, 2.75) is 26.3 Å². The number of aromatic hydroxyl groups is 1. The first-order chi connectivity index (χ1) is 11.6. The molecule has 1 aliphatic heterocycles. The molecule has 1 aliphatic rings. The van der Waals surface area contributed by atoms with Crippen LogP contribution in [0, 0.1) is 0 Å². The highest BCUT2D eigenvalue weighted by molar-refractivity contribution is 6.21. The number of para-hydroxylation sites is 1. The molecule has 1 N–H and O–H groups in total.